The molecule has 0 aromatic carbocycles. The Morgan fingerprint density at radius 3 is 2.68 bits per heavy atom. The quantitative estimate of drug-likeness (QED) is 0.747. The molecule has 0 spiro atoms. The zero-order valence-electron chi connectivity index (χ0n) is 15.1. The first-order chi connectivity index (χ1) is 12.0. The molecular weight excluding hydrogens is 327 g/mol. The largest absolute Gasteiger partial charge is 0.340 e. The molecule has 1 saturated heterocycles. The van der Waals surface area contributed by atoms with Gasteiger partial charge >= 0.3 is 0 Å². The van der Waals surface area contributed by atoms with Crippen LogP contribution in [0, 0.1) is 6.92 Å². The summed E-state index contributed by atoms with van der Waals surface area (Å²) in [6, 6.07) is 0.0514. The molecule has 0 amide bonds. The maximum absolute atomic E-state index is 14.0. The molecule has 3 atom stereocenters. The highest BCUT2D eigenvalue weighted by atomic mass is 19.1. The van der Waals surface area contributed by atoms with E-state index in [9.17, 15) is 4.39 Å². The minimum Gasteiger partial charge on any atom is -0.340 e. The third-order valence-electron chi connectivity index (χ3n) is 4.71. The van der Waals surface area contributed by atoms with Gasteiger partial charge in [-0.2, -0.15) is 9.97 Å². The fourth-order valence-electron chi connectivity index (χ4n) is 3.15. The summed E-state index contributed by atoms with van der Waals surface area (Å²) in [6.45, 7) is 7.33. The molecular formula is C16H25FN6O2. The SMILES string of the molecule is CCc1noc(C(C)N(C)C[C@@H]2C[C@H](F)CN2Cc2noc(C)n2)n1. The van der Waals surface area contributed by atoms with Crippen LogP contribution in [0.1, 0.15) is 49.7 Å². The molecule has 0 bridgehead atoms. The number of aryl methyl sites for hydroxylation is 2. The number of hydrogen-bond acceptors (Lipinski definition) is 8. The van der Waals surface area contributed by atoms with Gasteiger partial charge in [-0.05, 0) is 20.4 Å². The summed E-state index contributed by atoms with van der Waals surface area (Å²) in [5, 5.41) is 7.86. The second kappa shape index (κ2) is 7.57. The number of likely N-dealkylation sites (tertiary alicyclic amines) is 1. The predicted molar refractivity (Wildman–Crippen MR) is 87.5 cm³/mol. The van der Waals surface area contributed by atoms with Crippen molar-refractivity contribution in [2.75, 3.05) is 20.1 Å². The van der Waals surface area contributed by atoms with Gasteiger partial charge in [0.15, 0.2) is 11.6 Å². The van der Waals surface area contributed by atoms with E-state index in [0.29, 0.717) is 49.5 Å². The third-order valence-corrected chi connectivity index (χ3v) is 4.71. The predicted octanol–water partition coefficient (Wildman–Crippen LogP) is 1.93. The van der Waals surface area contributed by atoms with E-state index in [-0.39, 0.29) is 12.1 Å². The minimum absolute atomic E-state index is 0.0271. The van der Waals surface area contributed by atoms with E-state index in [4.69, 9.17) is 9.05 Å². The van der Waals surface area contributed by atoms with Gasteiger partial charge in [0.1, 0.15) is 6.17 Å². The van der Waals surface area contributed by atoms with E-state index in [0.717, 1.165) is 6.42 Å². The molecule has 1 unspecified atom stereocenters. The van der Waals surface area contributed by atoms with E-state index < -0.39 is 6.17 Å². The summed E-state index contributed by atoms with van der Waals surface area (Å²) in [6.07, 6.45) is 0.402. The second-order valence-corrected chi connectivity index (χ2v) is 6.66. The summed E-state index contributed by atoms with van der Waals surface area (Å²) in [5.41, 5.74) is 0. The van der Waals surface area contributed by atoms with Gasteiger partial charge in [0.05, 0.1) is 12.6 Å². The lowest BCUT2D eigenvalue weighted by molar-refractivity contribution is 0.141. The lowest BCUT2D eigenvalue weighted by Gasteiger charge is -2.29. The van der Waals surface area contributed by atoms with Crippen LogP contribution in [-0.2, 0) is 13.0 Å². The first kappa shape index (κ1) is 17.9. The molecule has 0 aliphatic carbocycles. The molecule has 1 aliphatic heterocycles. The normalized spacial score (nSPS) is 22.8. The summed E-state index contributed by atoms with van der Waals surface area (Å²) in [7, 11) is 1.99. The highest BCUT2D eigenvalue weighted by molar-refractivity contribution is 4.95. The molecule has 138 valence electrons. The van der Waals surface area contributed by atoms with Crippen LogP contribution in [-0.4, -0.2) is 62.4 Å². The molecule has 0 saturated carbocycles. The number of nitrogens with zero attached hydrogens (tertiary/aromatic N) is 6. The number of aromatic nitrogens is 4. The average Bonchev–Trinajstić information content (AvgIpc) is 3.28. The first-order valence-electron chi connectivity index (χ1n) is 8.66. The van der Waals surface area contributed by atoms with Crippen molar-refractivity contribution in [1.82, 2.24) is 30.1 Å². The van der Waals surface area contributed by atoms with Crippen molar-refractivity contribution in [2.24, 2.45) is 0 Å². The van der Waals surface area contributed by atoms with Crippen molar-refractivity contribution in [3.63, 3.8) is 0 Å². The fourth-order valence-corrected chi connectivity index (χ4v) is 3.15. The Morgan fingerprint density at radius 2 is 2.04 bits per heavy atom. The van der Waals surface area contributed by atoms with Gasteiger partial charge in [-0.3, -0.25) is 9.80 Å². The number of alkyl halides is 1. The topological polar surface area (TPSA) is 84.3 Å². The Labute approximate surface area is 146 Å². The number of rotatable bonds is 7. The zero-order chi connectivity index (χ0) is 18.0. The number of likely N-dealkylation sites (N-methyl/N-ethyl adjacent to an activating group) is 1. The maximum atomic E-state index is 14.0. The van der Waals surface area contributed by atoms with Crippen LogP contribution in [0.5, 0.6) is 0 Å². The molecule has 25 heavy (non-hydrogen) atoms. The maximum Gasteiger partial charge on any atom is 0.243 e. The van der Waals surface area contributed by atoms with Gasteiger partial charge < -0.3 is 9.05 Å². The second-order valence-electron chi connectivity index (χ2n) is 6.66. The van der Waals surface area contributed by atoms with Gasteiger partial charge in [0.2, 0.25) is 11.8 Å². The van der Waals surface area contributed by atoms with Gasteiger partial charge in [-0.15, -0.1) is 0 Å². The highest BCUT2D eigenvalue weighted by Crippen LogP contribution is 2.25. The summed E-state index contributed by atoms with van der Waals surface area (Å²) in [4.78, 5) is 12.8. The van der Waals surface area contributed by atoms with E-state index in [2.05, 4.69) is 30.1 Å². The Bertz CT molecular complexity index is 690. The molecule has 2 aromatic heterocycles. The summed E-state index contributed by atoms with van der Waals surface area (Å²) < 4.78 is 24.3. The zero-order valence-corrected chi connectivity index (χ0v) is 15.1. The van der Waals surface area contributed by atoms with E-state index in [1.54, 1.807) is 6.92 Å². The van der Waals surface area contributed by atoms with Crippen LogP contribution in [0.4, 0.5) is 4.39 Å². The lowest BCUT2D eigenvalue weighted by atomic mass is 10.1. The molecule has 3 heterocycles. The van der Waals surface area contributed by atoms with Crippen molar-refractivity contribution >= 4 is 0 Å². The monoisotopic (exact) mass is 352 g/mol. The standard InChI is InChI=1S/C16H25FN6O2/c1-5-14-19-16(25-20-14)10(2)22(4)8-13-6-12(17)7-23(13)9-15-18-11(3)24-21-15/h10,12-13H,5-9H2,1-4H3/t10?,12-,13-/m0/s1. The molecule has 3 rings (SSSR count). The molecule has 2 aromatic rings. The molecule has 0 radical (unpaired) electrons. The van der Waals surface area contributed by atoms with Crippen molar-refractivity contribution in [2.45, 2.75) is 58.4 Å². The molecule has 0 N–H and O–H groups in total. The van der Waals surface area contributed by atoms with Crippen molar-refractivity contribution in [1.29, 1.82) is 0 Å². The van der Waals surface area contributed by atoms with Crippen LogP contribution in [0.3, 0.4) is 0 Å². The van der Waals surface area contributed by atoms with Crippen LogP contribution >= 0.6 is 0 Å². The third kappa shape index (κ3) is 4.21. The van der Waals surface area contributed by atoms with Crippen molar-refractivity contribution in [3.8, 4) is 0 Å². The van der Waals surface area contributed by atoms with Crippen molar-refractivity contribution < 1.29 is 13.4 Å². The van der Waals surface area contributed by atoms with E-state index in [1.807, 2.05) is 20.9 Å². The molecule has 8 nitrogen and oxygen atoms in total. The lowest BCUT2D eigenvalue weighted by Crippen LogP contribution is -2.39. The van der Waals surface area contributed by atoms with Crippen molar-refractivity contribution in [3.05, 3.63) is 23.4 Å². The average molecular weight is 352 g/mol. The Balaban J connectivity index is 1.62. The molecule has 1 aliphatic rings. The van der Waals surface area contributed by atoms with Gasteiger partial charge in [0.25, 0.3) is 0 Å². The Hall–Kier alpha value is -1.87. The smallest absolute Gasteiger partial charge is 0.243 e. The number of halogens is 1. The molecule has 1 fully saturated rings. The van der Waals surface area contributed by atoms with E-state index in [1.165, 1.54) is 0 Å². The van der Waals surface area contributed by atoms with Gasteiger partial charge in [0, 0.05) is 32.5 Å². The Morgan fingerprint density at radius 1 is 1.28 bits per heavy atom. The summed E-state index contributed by atoms with van der Waals surface area (Å²) in [5.74, 6) is 2.41. The van der Waals surface area contributed by atoms with Crippen LogP contribution in [0.2, 0.25) is 0 Å². The summed E-state index contributed by atoms with van der Waals surface area (Å²) >= 11 is 0. The Kier molecular flexibility index (Phi) is 5.43. The van der Waals surface area contributed by atoms with E-state index >= 15 is 0 Å². The molecule has 9 heteroatoms. The van der Waals surface area contributed by atoms with Crippen LogP contribution in [0.25, 0.3) is 0 Å². The van der Waals surface area contributed by atoms with Gasteiger partial charge in [-0.25, -0.2) is 4.39 Å². The highest BCUT2D eigenvalue weighted by Gasteiger charge is 2.34. The first-order valence-corrected chi connectivity index (χ1v) is 8.66. The van der Waals surface area contributed by atoms with Crippen LogP contribution < -0.4 is 0 Å². The fraction of sp³-hybridized carbons (Fsp3) is 0.750. The number of hydrogen-bond donors (Lipinski definition) is 0. The van der Waals surface area contributed by atoms with Crippen LogP contribution in [0.15, 0.2) is 9.05 Å². The van der Waals surface area contributed by atoms with Gasteiger partial charge in [-0.1, -0.05) is 17.2 Å². The minimum atomic E-state index is -0.836.